The highest BCUT2D eigenvalue weighted by atomic mass is 16.5. The Bertz CT molecular complexity index is 526. The van der Waals surface area contributed by atoms with Crippen molar-refractivity contribution in [2.75, 3.05) is 14.2 Å². The number of aldehydes is 1. The molecule has 0 atom stereocenters. The van der Waals surface area contributed by atoms with Gasteiger partial charge in [0, 0.05) is 17.2 Å². The molecule has 1 amide bonds. The number of benzene rings is 1. The van der Waals surface area contributed by atoms with Crippen LogP contribution in [0.2, 0.25) is 0 Å². The molecule has 94 valence electrons. The van der Waals surface area contributed by atoms with Gasteiger partial charge >= 0.3 is 0 Å². The second-order valence-corrected chi connectivity index (χ2v) is 3.36. The van der Waals surface area contributed by atoms with E-state index in [1.165, 1.54) is 20.3 Å². The zero-order valence-corrected chi connectivity index (χ0v) is 10.1. The summed E-state index contributed by atoms with van der Waals surface area (Å²) in [6.07, 6.45) is 0.600. The van der Waals surface area contributed by atoms with E-state index in [1.807, 2.05) is 0 Å². The number of primary amides is 1. The zero-order valence-electron chi connectivity index (χ0n) is 10.1. The number of hydrogen-bond donors (Lipinski definition) is 1. The molecule has 1 aromatic rings. The number of methoxy groups -OCH3 is 2. The maximum atomic E-state index is 10.9. The molecule has 0 bridgehead atoms. The lowest BCUT2D eigenvalue weighted by Gasteiger charge is -2.09. The van der Waals surface area contributed by atoms with Crippen LogP contribution in [-0.4, -0.2) is 26.4 Å². The van der Waals surface area contributed by atoms with Crippen LogP contribution < -0.4 is 15.2 Å². The Labute approximate surface area is 105 Å². The molecule has 0 saturated carbocycles. The maximum absolute atomic E-state index is 10.9. The predicted octanol–water partition coefficient (Wildman–Crippen LogP) is 0.743. The molecule has 0 fully saturated rings. The molecule has 18 heavy (non-hydrogen) atoms. The number of carbonyl (C=O) groups is 2. The summed E-state index contributed by atoms with van der Waals surface area (Å²) in [4.78, 5) is 21.5. The van der Waals surface area contributed by atoms with Crippen LogP contribution >= 0.6 is 0 Å². The van der Waals surface area contributed by atoms with Crippen LogP contribution in [0.1, 0.15) is 22.3 Å². The molecule has 0 unspecified atom stereocenters. The van der Waals surface area contributed by atoms with Gasteiger partial charge in [-0.05, 0) is 6.07 Å². The molecule has 0 aliphatic heterocycles. The van der Waals surface area contributed by atoms with Crippen LogP contribution in [0.5, 0.6) is 11.5 Å². The fourth-order valence-electron chi connectivity index (χ4n) is 1.33. The van der Waals surface area contributed by atoms with E-state index in [0.29, 0.717) is 28.9 Å². The molecular weight excluding hydrogens is 234 g/mol. The van der Waals surface area contributed by atoms with E-state index in [9.17, 15) is 9.59 Å². The highest BCUT2D eigenvalue weighted by Gasteiger charge is 2.09. The minimum Gasteiger partial charge on any atom is -0.493 e. The van der Waals surface area contributed by atoms with Gasteiger partial charge in [0.25, 0.3) is 0 Å². The molecule has 1 aromatic carbocycles. The normalized spacial score (nSPS) is 9.00. The lowest BCUT2D eigenvalue weighted by molar-refractivity contribution is -0.117. The fourth-order valence-corrected chi connectivity index (χ4v) is 1.33. The maximum Gasteiger partial charge on any atom is 0.229 e. The van der Waals surface area contributed by atoms with Crippen LogP contribution in [0.15, 0.2) is 12.1 Å². The van der Waals surface area contributed by atoms with Gasteiger partial charge in [0.15, 0.2) is 17.8 Å². The van der Waals surface area contributed by atoms with E-state index in [0.717, 1.165) is 0 Å². The topological polar surface area (TPSA) is 78.6 Å². The van der Waals surface area contributed by atoms with Crippen molar-refractivity contribution in [1.29, 1.82) is 0 Å². The summed E-state index contributed by atoms with van der Waals surface area (Å²) in [6.45, 7) is 0. The van der Waals surface area contributed by atoms with Gasteiger partial charge in [-0.25, -0.2) is 0 Å². The number of carbonyl (C=O) groups excluding carboxylic acids is 2. The van der Waals surface area contributed by atoms with Crippen molar-refractivity contribution in [2.45, 2.75) is 6.42 Å². The minimum absolute atomic E-state index is 0.0629. The van der Waals surface area contributed by atoms with Crippen molar-refractivity contribution >= 4 is 12.2 Å². The molecule has 0 spiro atoms. The Balaban J connectivity index is 3.19. The number of rotatable bonds is 4. The standard InChI is InChI=1S/C13H13NO4/c1-17-11-6-9(4-3-5-13(14)16)10(8-15)7-12(11)18-2/h6-8H,5H2,1-2H3,(H2,14,16). The number of nitrogens with two attached hydrogens (primary N) is 1. The summed E-state index contributed by atoms with van der Waals surface area (Å²) in [5, 5.41) is 0. The first-order valence-corrected chi connectivity index (χ1v) is 5.10. The molecule has 5 heteroatoms. The van der Waals surface area contributed by atoms with E-state index >= 15 is 0 Å². The zero-order chi connectivity index (χ0) is 13.5. The van der Waals surface area contributed by atoms with Gasteiger partial charge in [-0.3, -0.25) is 9.59 Å². The minimum atomic E-state index is -0.518. The van der Waals surface area contributed by atoms with Gasteiger partial charge in [0.2, 0.25) is 5.91 Å². The summed E-state index contributed by atoms with van der Waals surface area (Å²) < 4.78 is 10.2. The van der Waals surface area contributed by atoms with Gasteiger partial charge in [0.1, 0.15) is 0 Å². The molecule has 0 aliphatic carbocycles. The van der Waals surface area contributed by atoms with Crippen LogP contribution in [0.25, 0.3) is 0 Å². The molecular formula is C13H13NO4. The third-order valence-electron chi connectivity index (χ3n) is 2.17. The highest BCUT2D eigenvalue weighted by Crippen LogP contribution is 2.29. The van der Waals surface area contributed by atoms with Gasteiger partial charge < -0.3 is 15.2 Å². The SMILES string of the molecule is COc1cc(C#CCC(N)=O)c(C=O)cc1OC. The Morgan fingerprint density at radius 2 is 1.94 bits per heavy atom. The summed E-state index contributed by atoms with van der Waals surface area (Å²) in [7, 11) is 2.96. The summed E-state index contributed by atoms with van der Waals surface area (Å²) in [6, 6.07) is 3.11. The molecule has 2 N–H and O–H groups in total. The predicted molar refractivity (Wildman–Crippen MR) is 65.6 cm³/mol. The Hall–Kier alpha value is -2.48. The third-order valence-corrected chi connectivity index (χ3v) is 2.17. The first-order chi connectivity index (χ1) is 8.62. The molecule has 0 aliphatic rings. The summed E-state index contributed by atoms with van der Waals surface area (Å²) in [5.41, 5.74) is 5.80. The first-order valence-electron chi connectivity index (χ1n) is 5.10. The van der Waals surface area contributed by atoms with E-state index in [4.69, 9.17) is 15.2 Å². The number of hydrogen-bond acceptors (Lipinski definition) is 4. The van der Waals surface area contributed by atoms with Gasteiger partial charge in [0.05, 0.1) is 20.6 Å². The van der Waals surface area contributed by atoms with E-state index < -0.39 is 5.91 Å². The average molecular weight is 247 g/mol. The van der Waals surface area contributed by atoms with Crippen molar-refractivity contribution in [2.24, 2.45) is 5.73 Å². The van der Waals surface area contributed by atoms with E-state index in [-0.39, 0.29) is 6.42 Å². The van der Waals surface area contributed by atoms with Crippen LogP contribution in [-0.2, 0) is 4.79 Å². The van der Waals surface area contributed by atoms with Crippen molar-refractivity contribution in [1.82, 2.24) is 0 Å². The molecule has 0 heterocycles. The van der Waals surface area contributed by atoms with Crippen molar-refractivity contribution < 1.29 is 19.1 Å². The van der Waals surface area contributed by atoms with Gasteiger partial charge in [-0.15, -0.1) is 0 Å². The summed E-state index contributed by atoms with van der Waals surface area (Å²) in [5.74, 6) is 5.68. The second kappa shape index (κ2) is 6.30. The second-order valence-electron chi connectivity index (χ2n) is 3.36. The Morgan fingerprint density at radius 1 is 1.33 bits per heavy atom. The number of ether oxygens (including phenoxy) is 2. The van der Waals surface area contributed by atoms with Crippen LogP contribution in [0, 0.1) is 11.8 Å². The first kappa shape index (κ1) is 13.6. The van der Waals surface area contributed by atoms with Crippen molar-refractivity contribution in [3.63, 3.8) is 0 Å². The quantitative estimate of drug-likeness (QED) is 0.628. The summed E-state index contributed by atoms with van der Waals surface area (Å²) >= 11 is 0. The van der Waals surface area contributed by atoms with E-state index in [2.05, 4.69) is 11.8 Å². The molecule has 0 saturated heterocycles. The molecule has 0 radical (unpaired) electrons. The van der Waals surface area contributed by atoms with Crippen LogP contribution in [0.4, 0.5) is 0 Å². The number of amides is 1. The monoisotopic (exact) mass is 247 g/mol. The Morgan fingerprint density at radius 3 is 2.44 bits per heavy atom. The fraction of sp³-hybridized carbons (Fsp3) is 0.231. The largest absolute Gasteiger partial charge is 0.493 e. The van der Waals surface area contributed by atoms with Gasteiger partial charge in [-0.1, -0.05) is 11.8 Å². The lowest BCUT2D eigenvalue weighted by atomic mass is 10.1. The Kier molecular flexibility index (Phi) is 4.76. The van der Waals surface area contributed by atoms with Crippen molar-refractivity contribution in [3.8, 4) is 23.3 Å². The average Bonchev–Trinajstić information content (AvgIpc) is 2.37. The van der Waals surface area contributed by atoms with Gasteiger partial charge in [-0.2, -0.15) is 0 Å². The molecule has 1 rings (SSSR count). The molecule has 5 nitrogen and oxygen atoms in total. The lowest BCUT2D eigenvalue weighted by Crippen LogP contribution is -2.08. The molecule has 0 aromatic heterocycles. The van der Waals surface area contributed by atoms with Crippen LogP contribution in [0.3, 0.4) is 0 Å². The van der Waals surface area contributed by atoms with E-state index in [1.54, 1.807) is 6.07 Å². The highest BCUT2D eigenvalue weighted by molar-refractivity contribution is 5.82. The third kappa shape index (κ3) is 3.25. The van der Waals surface area contributed by atoms with Crippen molar-refractivity contribution in [3.05, 3.63) is 23.3 Å². The smallest absolute Gasteiger partial charge is 0.229 e.